The van der Waals surface area contributed by atoms with Gasteiger partial charge in [0.25, 0.3) is 0 Å². The summed E-state index contributed by atoms with van der Waals surface area (Å²) in [6, 6.07) is 0. The lowest BCUT2D eigenvalue weighted by molar-refractivity contribution is 0.114. The van der Waals surface area contributed by atoms with Gasteiger partial charge in [-0.1, -0.05) is 26.2 Å². The van der Waals surface area contributed by atoms with Crippen LogP contribution in [-0.2, 0) is 4.74 Å². The van der Waals surface area contributed by atoms with Gasteiger partial charge in [0.05, 0.1) is 7.11 Å². The molecule has 1 saturated heterocycles. The third-order valence-corrected chi connectivity index (χ3v) is 2.70. The number of likely N-dealkylation sites (tertiary alicyclic amines) is 1. The standard InChI is InChI=1S/C10H21N.C2H4O3/c1-2-3-5-8-11-9-6-4-7-10-11;1-5-2(3)4/h2-10H2,1H3;1H3,(H,3,4). The first-order valence-corrected chi connectivity index (χ1v) is 6.20. The predicted octanol–water partition coefficient (Wildman–Crippen LogP) is 2.97. The molecule has 0 unspecified atom stereocenters. The van der Waals surface area contributed by atoms with Crippen molar-refractivity contribution in [1.29, 1.82) is 0 Å². The first-order chi connectivity index (χ1) is 7.70. The number of hydrogen-bond donors (Lipinski definition) is 1. The maximum atomic E-state index is 9.15. The molecule has 0 aliphatic carbocycles. The van der Waals surface area contributed by atoms with Gasteiger partial charge in [-0.3, -0.25) is 0 Å². The van der Waals surface area contributed by atoms with Gasteiger partial charge < -0.3 is 14.7 Å². The molecule has 0 aromatic rings. The van der Waals surface area contributed by atoms with Crippen molar-refractivity contribution < 1.29 is 14.6 Å². The Morgan fingerprint density at radius 2 is 1.81 bits per heavy atom. The molecule has 1 heterocycles. The highest BCUT2D eigenvalue weighted by atomic mass is 16.6. The fourth-order valence-electron chi connectivity index (χ4n) is 1.77. The van der Waals surface area contributed by atoms with E-state index in [-0.39, 0.29) is 0 Å². The molecule has 16 heavy (non-hydrogen) atoms. The summed E-state index contributed by atoms with van der Waals surface area (Å²) in [5, 5.41) is 7.50. The van der Waals surface area contributed by atoms with Crippen molar-refractivity contribution in [2.45, 2.75) is 45.4 Å². The molecule has 1 N–H and O–H groups in total. The summed E-state index contributed by atoms with van der Waals surface area (Å²) in [6.07, 6.45) is 7.27. The van der Waals surface area contributed by atoms with Crippen molar-refractivity contribution in [2.24, 2.45) is 0 Å². The molecule has 0 radical (unpaired) electrons. The second kappa shape index (κ2) is 10.7. The van der Waals surface area contributed by atoms with Crippen molar-refractivity contribution in [2.75, 3.05) is 26.7 Å². The Balaban J connectivity index is 0.000000385. The molecule has 0 saturated carbocycles. The zero-order valence-corrected chi connectivity index (χ0v) is 10.6. The molecule has 0 amide bonds. The van der Waals surface area contributed by atoms with Crippen molar-refractivity contribution in [3.8, 4) is 0 Å². The highest BCUT2D eigenvalue weighted by molar-refractivity contribution is 5.56. The molecule has 0 aromatic heterocycles. The molecule has 4 nitrogen and oxygen atoms in total. The second-order valence-electron chi connectivity index (χ2n) is 4.08. The van der Waals surface area contributed by atoms with Gasteiger partial charge in [0.1, 0.15) is 0 Å². The Hall–Kier alpha value is -0.770. The minimum absolute atomic E-state index is 1.10. The molecule has 1 fully saturated rings. The Labute approximate surface area is 98.6 Å². The molecule has 96 valence electrons. The van der Waals surface area contributed by atoms with Crippen LogP contribution in [0.2, 0.25) is 0 Å². The highest BCUT2D eigenvalue weighted by Gasteiger charge is 2.08. The number of ether oxygens (including phenoxy) is 1. The first-order valence-electron chi connectivity index (χ1n) is 6.20. The second-order valence-corrected chi connectivity index (χ2v) is 4.08. The van der Waals surface area contributed by atoms with Gasteiger partial charge in [-0.25, -0.2) is 4.79 Å². The molecule has 0 bridgehead atoms. The zero-order chi connectivity index (χ0) is 12.2. The van der Waals surface area contributed by atoms with Crippen LogP contribution in [0.4, 0.5) is 4.79 Å². The summed E-state index contributed by atoms with van der Waals surface area (Å²) >= 11 is 0. The van der Waals surface area contributed by atoms with Crippen LogP contribution in [-0.4, -0.2) is 42.9 Å². The third kappa shape index (κ3) is 9.77. The Morgan fingerprint density at radius 3 is 2.25 bits per heavy atom. The highest BCUT2D eigenvalue weighted by Crippen LogP contribution is 2.09. The maximum absolute atomic E-state index is 9.15. The van der Waals surface area contributed by atoms with Crippen LogP contribution in [0.1, 0.15) is 45.4 Å². The minimum atomic E-state index is -1.25. The Bertz CT molecular complexity index is 168. The molecule has 0 spiro atoms. The summed E-state index contributed by atoms with van der Waals surface area (Å²) in [4.78, 5) is 11.8. The summed E-state index contributed by atoms with van der Waals surface area (Å²) in [7, 11) is 1.10. The van der Waals surface area contributed by atoms with E-state index in [4.69, 9.17) is 9.90 Å². The maximum Gasteiger partial charge on any atom is 0.505 e. The van der Waals surface area contributed by atoms with Crippen molar-refractivity contribution >= 4 is 6.16 Å². The van der Waals surface area contributed by atoms with Crippen LogP contribution in [0.15, 0.2) is 0 Å². The van der Waals surface area contributed by atoms with E-state index in [1.807, 2.05) is 0 Å². The van der Waals surface area contributed by atoms with E-state index in [9.17, 15) is 0 Å². The third-order valence-electron chi connectivity index (χ3n) is 2.70. The lowest BCUT2D eigenvalue weighted by Gasteiger charge is -2.26. The quantitative estimate of drug-likeness (QED) is 0.597. The van der Waals surface area contributed by atoms with Crippen molar-refractivity contribution in [1.82, 2.24) is 4.90 Å². The van der Waals surface area contributed by atoms with E-state index in [2.05, 4.69) is 16.6 Å². The molecule has 0 aromatic carbocycles. The predicted molar refractivity (Wildman–Crippen MR) is 64.8 cm³/mol. The number of rotatable bonds is 4. The molecule has 0 atom stereocenters. The summed E-state index contributed by atoms with van der Waals surface area (Å²) in [5.41, 5.74) is 0. The number of nitrogens with zero attached hydrogens (tertiary/aromatic N) is 1. The van der Waals surface area contributed by atoms with E-state index in [1.54, 1.807) is 0 Å². The number of carbonyl (C=O) groups is 1. The summed E-state index contributed by atoms with van der Waals surface area (Å²) in [5.74, 6) is 0. The lowest BCUT2D eigenvalue weighted by atomic mass is 10.1. The van der Waals surface area contributed by atoms with Crippen LogP contribution in [0.3, 0.4) is 0 Å². The van der Waals surface area contributed by atoms with Crippen molar-refractivity contribution in [3.05, 3.63) is 0 Å². The topological polar surface area (TPSA) is 49.8 Å². The molecular formula is C12H25NO3. The number of piperidine rings is 1. The van der Waals surface area contributed by atoms with Crippen molar-refractivity contribution in [3.63, 3.8) is 0 Å². The first kappa shape index (κ1) is 15.2. The van der Waals surface area contributed by atoms with E-state index in [0.29, 0.717) is 0 Å². The van der Waals surface area contributed by atoms with Crippen LogP contribution < -0.4 is 0 Å². The van der Waals surface area contributed by atoms with E-state index in [0.717, 1.165) is 7.11 Å². The average molecular weight is 231 g/mol. The van der Waals surface area contributed by atoms with Gasteiger partial charge in [-0.05, 0) is 38.9 Å². The smallest absolute Gasteiger partial charge is 0.450 e. The average Bonchev–Trinajstić information content (AvgIpc) is 2.31. The monoisotopic (exact) mass is 231 g/mol. The SMILES string of the molecule is CCCCCN1CCCCC1.COC(=O)O. The Morgan fingerprint density at radius 1 is 1.25 bits per heavy atom. The minimum Gasteiger partial charge on any atom is -0.450 e. The van der Waals surface area contributed by atoms with Crippen LogP contribution in [0.5, 0.6) is 0 Å². The molecule has 1 aliphatic rings. The zero-order valence-electron chi connectivity index (χ0n) is 10.6. The molecule has 4 heteroatoms. The fourth-order valence-corrected chi connectivity index (χ4v) is 1.77. The van der Waals surface area contributed by atoms with Crippen LogP contribution in [0.25, 0.3) is 0 Å². The number of unbranched alkanes of at least 4 members (excludes halogenated alkanes) is 2. The number of hydrogen-bond acceptors (Lipinski definition) is 3. The van der Waals surface area contributed by atoms with Gasteiger partial charge in [-0.2, -0.15) is 0 Å². The van der Waals surface area contributed by atoms with Gasteiger partial charge in [-0.15, -0.1) is 0 Å². The fraction of sp³-hybridized carbons (Fsp3) is 0.917. The molecule has 1 rings (SSSR count). The summed E-state index contributed by atoms with van der Waals surface area (Å²) < 4.78 is 3.67. The molecule has 1 aliphatic heterocycles. The lowest BCUT2D eigenvalue weighted by Crippen LogP contribution is -2.30. The largest absolute Gasteiger partial charge is 0.505 e. The van der Waals surface area contributed by atoms with E-state index < -0.39 is 6.16 Å². The van der Waals surface area contributed by atoms with E-state index >= 15 is 0 Å². The molecular weight excluding hydrogens is 206 g/mol. The number of methoxy groups -OCH3 is 1. The van der Waals surface area contributed by atoms with E-state index in [1.165, 1.54) is 58.2 Å². The van der Waals surface area contributed by atoms with Gasteiger partial charge in [0.2, 0.25) is 0 Å². The summed E-state index contributed by atoms with van der Waals surface area (Å²) in [6.45, 7) is 6.36. The van der Waals surface area contributed by atoms with Gasteiger partial charge in [0.15, 0.2) is 0 Å². The van der Waals surface area contributed by atoms with Crippen LogP contribution >= 0.6 is 0 Å². The van der Waals surface area contributed by atoms with Crippen LogP contribution in [0, 0.1) is 0 Å². The van der Waals surface area contributed by atoms with Gasteiger partial charge >= 0.3 is 6.16 Å². The van der Waals surface area contributed by atoms with Gasteiger partial charge in [0, 0.05) is 0 Å². The number of carboxylic acid groups (broad SMARTS) is 1. The Kier molecular flexibility index (Phi) is 10.2. The normalized spacial score (nSPS) is 16.1.